The Labute approximate surface area is 115 Å². The van der Waals surface area contributed by atoms with Gasteiger partial charge in [-0.05, 0) is 31.0 Å². The lowest BCUT2D eigenvalue weighted by atomic mass is 10.2. The molecule has 0 atom stereocenters. The predicted molar refractivity (Wildman–Crippen MR) is 71.1 cm³/mol. The summed E-state index contributed by atoms with van der Waals surface area (Å²) in [7, 11) is 0. The lowest BCUT2D eigenvalue weighted by Gasteiger charge is -2.07. The van der Waals surface area contributed by atoms with Gasteiger partial charge in [-0.15, -0.1) is 0 Å². The Balaban J connectivity index is 1.87. The van der Waals surface area contributed by atoms with Gasteiger partial charge >= 0.3 is 12.0 Å². The predicted octanol–water partition coefficient (Wildman–Crippen LogP) is 0.613. The molecule has 20 heavy (non-hydrogen) atoms. The molecule has 1 aromatic carbocycles. The Morgan fingerprint density at radius 3 is 2.70 bits per heavy atom. The van der Waals surface area contributed by atoms with Gasteiger partial charge in [0.25, 0.3) is 5.91 Å². The Morgan fingerprint density at radius 2 is 2.05 bits per heavy atom. The van der Waals surface area contributed by atoms with Crippen molar-refractivity contribution >= 4 is 23.6 Å². The summed E-state index contributed by atoms with van der Waals surface area (Å²) in [5, 5.41) is 5.06. The third-order valence-electron chi connectivity index (χ3n) is 2.64. The molecule has 0 unspecified atom stereocenters. The number of hydrogen-bond donors (Lipinski definition) is 3. The van der Waals surface area contributed by atoms with Gasteiger partial charge in [0.05, 0.1) is 5.56 Å². The number of anilines is 1. The zero-order valence-electron chi connectivity index (χ0n) is 10.7. The van der Waals surface area contributed by atoms with Crippen LogP contribution in [0, 0.1) is 0 Å². The molecule has 3 amide bonds. The first-order valence-corrected chi connectivity index (χ1v) is 6.17. The number of benzene rings is 1. The molecule has 1 saturated carbocycles. The summed E-state index contributed by atoms with van der Waals surface area (Å²) >= 11 is 0. The molecule has 106 valence electrons. The Kier molecular flexibility index (Phi) is 4.19. The number of urea groups is 1. The second kappa shape index (κ2) is 6.05. The highest BCUT2D eigenvalue weighted by atomic mass is 16.5. The van der Waals surface area contributed by atoms with Crippen LogP contribution >= 0.6 is 0 Å². The maximum Gasteiger partial charge on any atom is 0.338 e. The second-order valence-electron chi connectivity index (χ2n) is 4.49. The second-order valence-corrected chi connectivity index (χ2v) is 4.49. The van der Waals surface area contributed by atoms with Crippen LogP contribution in [0.3, 0.4) is 0 Å². The highest BCUT2D eigenvalue weighted by Crippen LogP contribution is 2.18. The van der Waals surface area contributed by atoms with E-state index in [-0.39, 0.29) is 24.1 Å². The molecule has 7 nitrogen and oxygen atoms in total. The van der Waals surface area contributed by atoms with Gasteiger partial charge in [0, 0.05) is 11.7 Å². The number of carbonyl (C=O) groups excluding carboxylic acids is 3. The van der Waals surface area contributed by atoms with E-state index in [0.717, 1.165) is 12.8 Å². The number of rotatable bonds is 5. The normalized spacial score (nSPS) is 13.4. The van der Waals surface area contributed by atoms with Crippen molar-refractivity contribution in [1.82, 2.24) is 5.32 Å². The summed E-state index contributed by atoms with van der Waals surface area (Å²) in [6.45, 7) is -0.317. The molecular weight excluding hydrogens is 262 g/mol. The number of carbonyl (C=O) groups is 3. The molecule has 1 aliphatic rings. The van der Waals surface area contributed by atoms with Crippen molar-refractivity contribution < 1.29 is 19.1 Å². The van der Waals surface area contributed by atoms with Crippen molar-refractivity contribution in [3.05, 3.63) is 29.8 Å². The zero-order chi connectivity index (χ0) is 14.5. The van der Waals surface area contributed by atoms with Gasteiger partial charge in [0.15, 0.2) is 6.61 Å². The van der Waals surface area contributed by atoms with Crippen LogP contribution in [0.15, 0.2) is 24.3 Å². The highest BCUT2D eigenvalue weighted by Gasteiger charge is 2.23. The quantitative estimate of drug-likeness (QED) is 0.685. The molecule has 0 radical (unpaired) electrons. The number of primary amides is 1. The van der Waals surface area contributed by atoms with Crippen molar-refractivity contribution in [1.29, 1.82) is 0 Å². The highest BCUT2D eigenvalue weighted by molar-refractivity contribution is 5.94. The van der Waals surface area contributed by atoms with Crippen molar-refractivity contribution in [2.24, 2.45) is 5.73 Å². The van der Waals surface area contributed by atoms with E-state index in [4.69, 9.17) is 10.5 Å². The molecular formula is C13H15N3O4. The molecule has 1 fully saturated rings. The van der Waals surface area contributed by atoms with E-state index in [9.17, 15) is 14.4 Å². The Morgan fingerprint density at radius 1 is 1.30 bits per heavy atom. The Hall–Kier alpha value is -2.57. The third kappa shape index (κ3) is 4.27. The molecule has 0 aromatic heterocycles. The van der Waals surface area contributed by atoms with Crippen LogP contribution in [0.2, 0.25) is 0 Å². The van der Waals surface area contributed by atoms with Crippen LogP contribution in [0.1, 0.15) is 23.2 Å². The smallest absolute Gasteiger partial charge is 0.338 e. The molecule has 4 N–H and O–H groups in total. The minimum Gasteiger partial charge on any atom is -0.452 e. The summed E-state index contributed by atoms with van der Waals surface area (Å²) < 4.78 is 4.88. The van der Waals surface area contributed by atoms with Crippen molar-refractivity contribution in [3.8, 4) is 0 Å². The third-order valence-corrected chi connectivity index (χ3v) is 2.64. The van der Waals surface area contributed by atoms with Crippen molar-refractivity contribution in [3.63, 3.8) is 0 Å². The van der Waals surface area contributed by atoms with Crippen LogP contribution in [0.5, 0.6) is 0 Å². The first-order chi connectivity index (χ1) is 9.54. The van der Waals surface area contributed by atoms with E-state index in [1.54, 1.807) is 12.1 Å². The fraction of sp³-hybridized carbons (Fsp3) is 0.308. The average molecular weight is 277 g/mol. The van der Waals surface area contributed by atoms with Gasteiger partial charge < -0.3 is 21.1 Å². The standard InChI is InChI=1S/C13H15N3O4/c14-13(19)16-10-3-1-2-8(6-10)12(18)20-7-11(17)15-9-4-5-9/h1-3,6,9H,4-5,7H2,(H,15,17)(H3,14,16,19). The average Bonchev–Trinajstić information content (AvgIpc) is 3.19. The van der Waals surface area contributed by atoms with Crippen LogP contribution in [0.25, 0.3) is 0 Å². The molecule has 7 heteroatoms. The van der Waals surface area contributed by atoms with Crippen LogP contribution < -0.4 is 16.4 Å². The number of esters is 1. The lowest BCUT2D eigenvalue weighted by molar-refractivity contribution is -0.124. The first-order valence-electron chi connectivity index (χ1n) is 6.17. The van der Waals surface area contributed by atoms with E-state index >= 15 is 0 Å². The summed E-state index contributed by atoms with van der Waals surface area (Å²) in [6, 6.07) is 5.61. The minimum atomic E-state index is -0.723. The molecule has 0 spiro atoms. The van der Waals surface area contributed by atoms with Gasteiger partial charge in [-0.25, -0.2) is 9.59 Å². The summed E-state index contributed by atoms with van der Waals surface area (Å²) in [5.41, 5.74) is 5.60. The SMILES string of the molecule is NC(=O)Nc1cccc(C(=O)OCC(=O)NC2CC2)c1. The van der Waals surface area contributed by atoms with E-state index in [2.05, 4.69) is 10.6 Å². The van der Waals surface area contributed by atoms with Gasteiger partial charge in [-0.2, -0.15) is 0 Å². The molecule has 0 saturated heterocycles. The van der Waals surface area contributed by atoms with E-state index < -0.39 is 12.0 Å². The number of ether oxygens (including phenoxy) is 1. The van der Waals surface area contributed by atoms with Gasteiger partial charge in [0.2, 0.25) is 0 Å². The summed E-state index contributed by atoms with van der Waals surface area (Å²) in [5.74, 6) is -0.948. The number of hydrogen-bond acceptors (Lipinski definition) is 4. The van der Waals surface area contributed by atoms with Crippen LogP contribution in [-0.2, 0) is 9.53 Å². The van der Waals surface area contributed by atoms with E-state index in [1.807, 2.05) is 0 Å². The first kappa shape index (κ1) is 13.9. The minimum absolute atomic E-state index is 0.226. The number of amides is 3. The van der Waals surface area contributed by atoms with Crippen molar-refractivity contribution in [2.75, 3.05) is 11.9 Å². The molecule has 1 aromatic rings. The number of nitrogens with one attached hydrogen (secondary N) is 2. The van der Waals surface area contributed by atoms with Crippen molar-refractivity contribution in [2.45, 2.75) is 18.9 Å². The molecule has 0 bridgehead atoms. The van der Waals surface area contributed by atoms with E-state index in [0.29, 0.717) is 5.69 Å². The fourth-order valence-corrected chi connectivity index (χ4v) is 1.58. The number of nitrogens with two attached hydrogens (primary N) is 1. The monoisotopic (exact) mass is 277 g/mol. The topological polar surface area (TPSA) is 111 Å². The fourth-order valence-electron chi connectivity index (χ4n) is 1.58. The van der Waals surface area contributed by atoms with Gasteiger partial charge in [-0.1, -0.05) is 6.07 Å². The van der Waals surface area contributed by atoms with Gasteiger partial charge in [-0.3, -0.25) is 4.79 Å². The van der Waals surface area contributed by atoms with E-state index in [1.165, 1.54) is 12.1 Å². The molecule has 0 aliphatic heterocycles. The largest absolute Gasteiger partial charge is 0.452 e. The lowest BCUT2D eigenvalue weighted by Crippen LogP contribution is -2.30. The van der Waals surface area contributed by atoms with Crippen LogP contribution in [-0.4, -0.2) is 30.6 Å². The summed E-state index contributed by atoms with van der Waals surface area (Å²) in [4.78, 5) is 33.8. The van der Waals surface area contributed by atoms with Gasteiger partial charge in [0.1, 0.15) is 0 Å². The van der Waals surface area contributed by atoms with Crippen LogP contribution in [0.4, 0.5) is 10.5 Å². The molecule has 0 heterocycles. The maximum atomic E-state index is 11.7. The molecule has 2 rings (SSSR count). The summed E-state index contributed by atoms with van der Waals surface area (Å²) in [6.07, 6.45) is 1.95. The molecule has 1 aliphatic carbocycles. The Bertz CT molecular complexity index is 540. The maximum absolute atomic E-state index is 11.7. The zero-order valence-corrected chi connectivity index (χ0v) is 10.7.